The van der Waals surface area contributed by atoms with E-state index in [1.807, 2.05) is 18.3 Å². The Morgan fingerprint density at radius 1 is 1.22 bits per heavy atom. The van der Waals surface area contributed by atoms with Gasteiger partial charge in [0.15, 0.2) is 0 Å². The SMILES string of the molecule is CC1CCC(O)(c2cccc3cnccc23)CC1. The van der Waals surface area contributed by atoms with E-state index in [0.717, 1.165) is 47.9 Å². The highest BCUT2D eigenvalue weighted by Gasteiger charge is 2.34. The highest BCUT2D eigenvalue weighted by atomic mass is 16.3. The Bertz CT molecular complexity index is 551. The lowest BCUT2D eigenvalue weighted by Gasteiger charge is -2.36. The molecule has 0 atom stereocenters. The fourth-order valence-corrected chi connectivity index (χ4v) is 3.04. The summed E-state index contributed by atoms with van der Waals surface area (Å²) < 4.78 is 0. The second kappa shape index (κ2) is 4.36. The van der Waals surface area contributed by atoms with Crippen LogP contribution < -0.4 is 0 Å². The summed E-state index contributed by atoms with van der Waals surface area (Å²) in [4.78, 5) is 4.15. The summed E-state index contributed by atoms with van der Waals surface area (Å²) in [5.74, 6) is 0.738. The predicted molar refractivity (Wildman–Crippen MR) is 73.3 cm³/mol. The summed E-state index contributed by atoms with van der Waals surface area (Å²) in [7, 11) is 0. The molecule has 0 saturated heterocycles. The zero-order valence-corrected chi connectivity index (χ0v) is 10.8. The van der Waals surface area contributed by atoms with E-state index in [0.29, 0.717) is 0 Å². The van der Waals surface area contributed by atoms with Crippen LogP contribution in [0.25, 0.3) is 10.8 Å². The first-order valence-electron chi connectivity index (χ1n) is 6.75. The summed E-state index contributed by atoms with van der Waals surface area (Å²) in [6, 6.07) is 8.16. The third-order valence-electron chi connectivity index (χ3n) is 4.28. The molecule has 0 spiro atoms. The highest BCUT2D eigenvalue weighted by Crippen LogP contribution is 2.41. The molecule has 3 rings (SSSR count). The van der Waals surface area contributed by atoms with Gasteiger partial charge in [-0.2, -0.15) is 0 Å². The maximum atomic E-state index is 10.9. The van der Waals surface area contributed by atoms with Crippen LogP contribution in [-0.4, -0.2) is 10.1 Å². The zero-order valence-electron chi connectivity index (χ0n) is 10.8. The monoisotopic (exact) mass is 241 g/mol. The molecule has 1 saturated carbocycles. The molecule has 1 aliphatic rings. The first-order chi connectivity index (χ1) is 8.69. The lowest BCUT2D eigenvalue weighted by atomic mass is 9.75. The molecule has 18 heavy (non-hydrogen) atoms. The van der Waals surface area contributed by atoms with Crippen molar-refractivity contribution in [2.24, 2.45) is 5.92 Å². The molecule has 2 heteroatoms. The topological polar surface area (TPSA) is 33.1 Å². The maximum Gasteiger partial charge on any atom is 0.0902 e. The van der Waals surface area contributed by atoms with E-state index in [1.165, 1.54) is 0 Å². The van der Waals surface area contributed by atoms with Crippen molar-refractivity contribution in [3.8, 4) is 0 Å². The second-order valence-electron chi connectivity index (χ2n) is 5.62. The lowest BCUT2D eigenvalue weighted by Crippen LogP contribution is -2.31. The van der Waals surface area contributed by atoms with Gasteiger partial charge < -0.3 is 5.11 Å². The predicted octanol–water partition coefficient (Wildman–Crippen LogP) is 3.63. The normalized spacial score (nSPS) is 28.4. The zero-order chi connectivity index (χ0) is 12.6. The van der Waals surface area contributed by atoms with E-state index in [4.69, 9.17) is 0 Å². The number of aliphatic hydroxyl groups is 1. The van der Waals surface area contributed by atoms with Gasteiger partial charge in [-0.15, -0.1) is 0 Å². The number of fused-ring (bicyclic) bond motifs is 1. The number of pyridine rings is 1. The van der Waals surface area contributed by atoms with Gasteiger partial charge in [-0.1, -0.05) is 25.1 Å². The second-order valence-corrected chi connectivity index (χ2v) is 5.62. The number of aromatic nitrogens is 1. The van der Waals surface area contributed by atoms with Crippen molar-refractivity contribution in [1.29, 1.82) is 0 Å². The van der Waals surface area contributed by atoms with Crippen molar-refractivity contribution in [3.05, 3.63) is 42.2 Å². The van der Waals surface area contributed by atoms with Gasteiger partial charge in [0.1, 0.15) is 0 Å². The van der Waals surface area contributed by atoms with E-state index in [1.54, 1.807) is 6.20 Å². The van der Waals surface area contributed by atoms with Gasteiger partial charge in [-0.05, 0) is 48.6 Å². The smallest absolute Gasteiger partial charge is 0.0902 e. The van der Waals surface area contributed by atoms with Crippen LogP contribution in [0.15, 0.2) is 36.7 Å². The Kier molecular flexibility index (Phi) is 2.83. The molecule has 0 radical (unpaired) electrons. The number of hydrogen-bond acceptors (Lipinski definition) is 2. The maximum absolute atomic E-state index is 10.9. The van der Waals surface area contributed by atoms with Crippen LogP contribution in [-0.2, 0) is 5.60 Å². The Morgan fingerprint density at radius 3 is 2.78 bits per heavy atom. The molecule has 1 aliphatic carbocycles. The Hall–Kier alpha value is -1.41. The Balaban J connectivity index is 2.08. The average Bonchev–Trinajstić information content (AvgIpc) is 2.42. The third-order valence-corrected chi connectivity index (χ3v) is 4.28. The van der Waals surface area contributed by atoms with Crippen LogP contribution in [0.3, 0.4) is 0 Å². The van der Waals surface area contributed by atoms with Crippen LogP contribution in [0.5, 0.6) is 0 Å². The van der Waals surface area contributed by atoms with E-state index < -0.39 is 5.60 Å². The minimum atomic E-state index is -0.645. The first-order valence-corrected chi connectivity index (χ1v) is 6.75. The van der Waals surface area contributed by atoms with Crippen molar-refractivity contribution >= 4 is 10.8 Å². The molecule has 0 bridgehead atoms. The highest BCUT2D eigenvalue weighted by molar-refractivity contribution is 5.85. The van der Waals surface area contributed by atoms with Crippen LogP contribution in [0.4, 0.5) is 0 Å². The van der Waals surface area contributed by atoms with Gasteiger partial charge in [-0.3, -0.25) is 4.98 Å². The minimum absolute atomic E-state index is 0.645. The van der Waals surface area contributed by atoms with Gasteiger partial charge in [-0.25, -0.2) is 0 Å². The van der Waals surface area contributed by atoms with Crippen LogP contribution in [0, 0.1) is 5.92 Å². The lowest BCUT2D eigenvalue weighted by molar-refractivity contribution is -0.0107. The van der Waals surface area contributed by atoms with Gasteiger partial charge in [0.2, 0.25) is 0 Å². The molecule has 0 aliphatic heterocycles. The van der Waals surface area contributed by atoms with Crippen molar-refractivity contribution in [3.63, 3.8) is 0 Å². The van der Waals surface area contributed by atoms with E-state index >= 15 is 0 Å². The number of hydrogen-bond donors (Lipinski definition) is 1. The minimum Gasteiger partial charge on any atom is -0.385 e. The molecule has 94 valence electrons. The average molecular weight is 241 g/mol. The quantitative estimate of drug-likeness (QED) is 0.827. The molecule has 1 aromatic heterocycles. The van der Waals surface area contributed by atoms with E-state index in [9.17, 15) is 5.11 Å². The summed E-state index contributed by atoms with van der Waals surface area (Å²) in [6.07, 6.45) is 7.63. The molecular formula is C16H19NO. The van der Waals surface area contributed by atoms with E-state index in [-0.39, 0.29) is 0 Å². The van der Waals surface area contributed by atoms with Crippen molar-refractivity contribution in [2.75, 3.05) is 0 Å². The Labute approximate surface area is 108 Å². The number of nitrogens with zero attached hydrogens (tertiary/aromatic N) is 1. The summed E-state index contributed by atoms with van der Waals surface area (Å²) in [6.45, 7) is 2.27. The summed E-state index contributed by atoms with van der Waals surface area (Å²) in [5.41, 5.74) is 0.433. The molecule has 2 nitrogen and oxygen atoms in total. The fourth-order valence-electron chi connectivity index (χ4n) is 3.04. The third kappa shape index (κ3) is 1.91. The first kappa shape index (κ1) is 11.7. The molecule has 1 heterocycles. The molecule has 1 aromatic carbocycles. The number of rotatable bonds is 1. The van der Waals surface area contributed by atoms with Crippen LogP contribution in [0.2, 0.25) is 0 Å². The molecule has 1 N–H and O–H groups in total. The fraction of sp³-hybridized carbons (Fsp3) is 0.438. The van der Waals surface area contributed by atoms with E-state index in [2.05, 4.69) is 24.0 Å². The molecule has 1 fully saturated rings. The molecule has 0 unspecified atom stereocenters. The Morgan fingerprint density at radius 2 is 2.00 bits per heavy atom. The number of benzene rings is 1. The van der Waals surface area contributed by atoms with Gasteiger partial charge in [0.05, 0.1) is 5.60 Å². The van der Waals surface area contributed by atoms with Crippen LogP contribution in [0.1, 0.15) is 38.2 Å². The van der Waals surface area contributed by atoms with Gasteiger partial charge in [0, 0.05) is 17.8 Å². The van der Waals surface area contributed by atoms with Crippen molar-refractivity contribution < 1.29 is 5.11 Å². The largest absolute Gasteiger partial charge is 0.385 e. The standard InChI is InChI=1S/C16H19NO/c1-12-5-8-16(18,9-6-12)15-4-2-3-13-11-17-10-7-14(13)15/h2-4,7,10-12,18H,5-6,8-9H2,1H3. The molecular weight excluding hydrogens is 222 g/mol. The van der Waals surface area contributed by atoms with Crippen molar-refractivity contribution in [2.45, 2.75) is 38.2 Å². The molecule has 2 aromatic rings. The van der Waals surface area contributed by atoms with Gasteiger partial charge in [0.25, 0.3) is 0 Å². The van der Waals surface area contributed by atoms with Gasteiger partial charge >= 0.3 is 0 Å². The molecule has 0 amide bonds. The van der Waals surface area contributed by atoms with Crippen molar-refractivity contribution in [1.82, 2.24) is 4.98 Å². The summed E-state index contributed by atoms with van der Waals surface area (Å²) in [5, 5.41) is 13.2. The van der Waals surface area contributed by atoms with Crippen LogP contribution >= 0.6 is 0 Å². The summed E-state index contributed by atoms with van der Waals surface area (Å²) >= 11 is 0.